The molecule has 0 saturated heterocycles. The van der Waals surface area contributed by atoms with Crippen molar-refractivity contribution in [3.63, 3.8) is 0 Å². The van der Waals surface area contributed by atoms with E-state index < -0.39 is 0 Å². The molecule has 0 aliphatic heterocycles. The summed E-state index contributed by atoms with van der Waals surface area (Å²) in [5, 5.41) is 7.15. The fraction of sp³-hybridized carbons (Fsp3) is 0.412. The molecule has 0 unspecified atom stereocenters. The predicted octanol–water partition coefficient (Wildman–Crippen LogP) is 3.79. The van der Waals surface area contributed by atoms with E-state index in [-0.39, 0.29) is 11.4 Å². The van der Waals surface area contributed by atoms with Gasteiger partial charge in [0.05, 0.1) is 17.7 Å². The second-order valence-corrected chi connectivity index (χ2v) is 6.89. The summed E-state index contributed by atoms with van der Waals surface area (Å²) in [4.78, 5) is 12.5. The van der Waals surface area contributed by atoms with Crippen LogP contribution < -0.4 is 5.32 Å². The van der Waals surface area contributed by atoms with Crippen LogP contribution in [0.25, 0.3) is 0 Å². The maximum Gasteiger partial charge on any atom is 0.225 e. The van der Waals surface area contributed by atoms with Gasteiger partial charge in [-0.25, -0.2) is 0 Å². The highest BCUT2D eigenvalue weighted by Crippen LogP contribution is 2.42. The third kappa shape index (κ3) is 2.82. The van der Waals surface area contributed by atoms with Crippen molar-refractivity contribution in [1.82, 2.24) is 10.5 Å². The third-order valence-electron chi connectivity index (χ3n) is 4.48. The molecule has 22 heavy (non-hydrogen) atoms. The largest absolute Gasteiger partial charge is 0.361 e. The molecule has 1 heterocycles. The molecule has 1 saturated carbocycles. The molecule has 1 N–H and O–H groups in total. The standard InChI is InChI=1S/C17H19BrN2O2/c1-11-15(12(2)22-20-11)10-16(21)19-17(7-4-8-17)13-5-3-6-14(18)9-13/h3,5-6,9H,4,7-8,10H2,1-2H3,(H,19,21). The molecular formula is C17H19BrN2O2. The molecule has 116 valence electrons. The van der Waals surface area contributed by atoms with Crippen molar-refractivity contribution in [2.45, 2.75) is 45.1 Å². The average molecular weight is 363 g/mol. The van der Waals surface area contributed by atoms with Gasteiger partial charge >= 0.3 is 0 Å². The van der Waals surface area contributed by atoms with E-state index in [1.54, 1.807) is 0 Å². The number of benzene rings is 1. The molecule has 3 rings (SSSR count). The number of amides is 1. The van der Waals surface area contributed by atoms with Crippen LogP contribution in [0.2, 0.25) is 0 Å². The van der Waals surface area contributed by atoms with Crippen molar-refractivity contribution < 1.29 is 9.32 Å². The van der Waals surface area contributed by atoms with Crippen LogP contribution in [0.3, 0.4) is 0 Å². The molecule has 0 radical (unpaired) electrons. The van der Waals surface area contributed by atoms with Crippen LogP contribution in [0.15, 0.2) is 33.3 Å². The fourth-order valence-electron chi connectivity index (χ4n) is 3.03. The monoisotopic (exact) mass is 362 g/mol. The van der Waals surface area contributed by atoms with E-state index in [2.05, 4.69) is 38.5 Å². The highest BCUT2D eigenvalue weighted by Gasteiger charge is 2.40. The molecule has 1 aliphatic carbocycles. The minimum Gasteiger partial charge on any atom is -0.361 e. The number of hydrogen-bond acceptors (Lipinski definition) is 3. The smallest absolute Gasteiger partial charge is 0.225 e. The molecule has 1 amide bonds. The van der Waals surface area contributed by atoms with E-state index in [1.807, 2.05) is 26.0 Å². The molecule has 1 aliphatic rings. The zero-order valence-electron chi connectivity index (χ0n) is 12.8. The second-order valence-electron chi connectivity index (χ2n) is 5.97. The van der Waals surface area contributed by atoms with Gasteiger partial charge in [-0.2, -0.15) is 0 Å². The van der Waals surface area contributed by atoms with Gasteiger partial charge in [0.25, 0.3) is 0 Å². The lowest BCUT2D eigenvalue weighted by atomic mass is 9.71. The molecule has 5 heteroatoms. The van der Waals surface area contributed by atoms with Crippen molar-refractivity contribution in [3.8, 4) is 0 Å². The Hall–Kier alpha value is -1.62. The van der Waals surface area contributed by atoms with Crippen LogP contribution in [0, 0.1) is 13.8 Å². The summed E-state index contributed by atoms with van der Waals surface area (Å²) in [5.74, 6) is 0.742. The fourth-order valence-corrected chi connectivity index (χ4v) is 3.43. The van der Waals surface area contributed by atoms with Gasteiger partial charge in [0.1, 0.15) is 5.76 Å². The summed E-state index contributed by atoms with van der Waals surface area (Å²) in [5.41, 5.74) is 2.62. The maximum absolute atomic E-state index is 12.5. The quantitative estimate of drug-likeness (QED) is 0.899. The van der Waals surface area contributed by atoms with Crippen molar-refractivity contribution >= 4 is 21.8 Å². The van der Waals surface area contributed by atoms with Crippen molar-refractivity contribution in [2.24, 2.45) is 0 Å². The zero-order valence-corrected chi connectivity index (χ0v) is 14.4. The van der Waals surface area contributed by atoms with Crippen molar-refractivity contribution in [3.05, 3.63) is 51.3 Å². The highest BCUT2D eigenvalue weighted by atomic mass is 79.9. The molecule has 1 fully saturated rings. The summed E-state index contributed by atoms with van der Waals surface area (Å²) >= 11 is 3.51. The van der Waals surface area contributed by atoms with E-state index in [1.165, 1.54) is 5.56 Å². The van der Waals surface area contributed by atoms with Crippen LogP contribution in [0.1, 0.15) is 41.8 Å². The Bertz CT molecular complexity index is 685. The maximum atomic E-state index is 12.5. The minimum atomic E-state index is -0.222. The lowest BCUT2D eigenvalue weighted by Crippen LogP contribution is -2.51. The van der Waals surface area contributed by atoms with Gasteiger partial charge in [-0.15, -0.1) is 0 Å². The summed E-state index contributed by atoms with van der Waals surface area (Å²) < 4.78 is 6.17. The average Bonchev–Trinajstić information content (AvgIpc) is 2.75. The zero-order chi connectivity index (χ0) is 15.7. The number of nitrogens with zero attached hydrogens (tertiary/aromatic N) is 1. The van der Waals surface area contributed by atoms with Gasteiger partial charge in [0.15, 0.2) is 0 Å². The van der Waals surface area contributed by atoms with Gasteiger partial charge in [-0.05, 0) is 50.8 Å². The lowest BCUT2D eigenvalue weighted by molar-refractivity contribution is -0.123. The van der Waals surface area contributed by atoms with Gasteiger partial charge < -0.3 is 9.84 Å². The Kier molecular flexibility index (Phi) is 4.08. The van der Waals surface area contributed by atoms with E-state index in [0.29, 0.717) is 6.42 Å². The van der Waals surface area contributed by atoms with E-state index in [9.17, 15) is 4.79 Å². The Morgan fingerprint density at radius 3 is 2.73 bits per heavy atom. The Balaban J connectivity index is 1.77. The first kappa shape index (κ1) is 15.3. The molecule has 2 aromatic rings. The Morgan fingerprint density at radius 1 is 1.41 bits per heavy atom. The predicted molar refractivity (Wildman–Crippen MR) is 87.5 cm³/mol. The van der Waals surface area contributed by atoms with E-state index >= 15 is 0 Å². The number of carbonyl (C=O) groups excluding carboxylic acids is 1. The lowest BCUT2D eigenvalue weighted by Gasteiger charge is -2.43. The second kappa shape index (κ2) is 5.88. The first-order valence-corrected chi connectivity index (χ1v) is 8.28. The van der Waals surface area contributed by atoms with Crippen LogP contribution in [0.4, 0.5) is 0 Å². The molecule has 0 bridgehead atoms. The van der Waals surface area contributed by atoms with E-state index in [0.717, 1.165) is 40.8 Å². The molecule has 1 aromatic heterocycles. The minimum absolute atomic E-state index is 0.0223. The van der Waals surface area contributed by atoms with Crippen molar-refractivity contribution in [1.29, 1.82) is 0 Å². The van der Waals surface area contributed by atoms with E-state index in [4.69, 9.17) is 4.52 Å². The summed E-state index contributed by atoms with van der Waals surface area (Å²) in [6.07, 6.45) is 3.42. The summed E-state index contributed by atoms with van der Waals surface area (Å²) in [7, 11) is 0. The van der Waals surface area contributed by atoms with Crippen LogP contribution in [0.5, 0.6) is 0 Å². The number of carbonyl (C=O) groups is 1. The molecule has 1 aromatic carbocycles. The molecule has 0 spiro atoms. The molecule has 4 nitrogen and oxygen atoms in total. The number of hydrogen-bond donors (Lipinski definition) is 1. The normalized spacial score (nSPS) is 16.1. The molecule has 0 atom stereocenters. The van der Waals surface area contributed by atoms with Gasteiger partial charge in [-0.3, -0.25) is 4.79 Å². The third-order valence-corrected chi connectivity index (χ3v) is 4.97. The number of aromatic nitrogens is 1. The number of rotatable bonds is 4. The topological polar surface area (TPSA) is 55.1 Å². The van der Waals surface area contributed by atoms with Crippen LogP contribution in [-0.4, -0.2) is 11.1 Å². The van der Waals surface area contributed by atoms with Gasteiger partial charge in [0.2, 0.25) is 5.91 Å². The first-order chi connectivity index (χ1) is 10.5. The number of aryl methyl sites for hydroxylation is 2. The van der Waals surface area contributed by atoms with Crippen LogP contribution >= 0.6 is 15.9 Å². The summed E-state index contributed by atoms with van der Waals surface area (Å²) in [6, 6.07) is 8.19. The summed E-state index contributed by atoms with van der Waals surface area (Å²) in [6.45, 7) is 3.71. The van der Waals surface area contributed by atoms with Gasteiger partial charge in [0, 0.05) is 10.0 Å². The first-order valence-electron chi connectivity index (χ1n) is 7.49. The van der Waals surface area contributed by atoms with Crippen LogP contribution in [-0.2, 0) is 16.8 Å². The van der Waals surface area contributed by atoms with Crippen molar-refractivity contribution in [2.75, 3.05) is 0 Å². The number of nitrogens with one attached hydrogen (secondary N) is 1. The Morgan fingerprint density at radius 2 is 2.18 bits per heavy atom. The highest BCUT2D eigenvalue weighted by molar-refractivity contribution is 9.10. The number of halogens is 1. The molecular weight excluding hydrogens is 344 g/mol. The SMILES string of the molecule is Cc1noc(C)c1CC(=O)NC1(c2cccc(Br)c2)CCC1. The Labute approximate surface area is 138 Å². The van der Waals surface area contributed by atoms with Gasteiger partial charge in [-0.1, -0.05) is 33.2 Å².